The van der Waals surface area contributed by atoms with E-state index in [1.54, 1.807) is 6.08 Å². The van der Waals surface area contributed by atoms with Crippen molar-refractivity contribution in [1.29, 1.82) is 0 Å². The lowest BCUT2D eigenvalue weighted by Gasteiger charge is -2.23. The van der Waals surface area contributed by atoms with Crippen molar-refractivity contribution in [3.8, 4) is 0 Å². The van der Waals surface area contributed by atoms with Gasteiger partial charge < -0.3 is 5.73 Å². The van der Waals surface area contributed by atoms with Crippen molar-refractivity contribution in [2.24, 2.45) is 16.6 Å². The molecule has 1 aliphatic carbocycles. The standard InChI is InChI=1S/C17H24N2/c1-5-7-8-14-11-15(12-18)16(6-2)17(19-4)10-9-13(14)3/h5-8,15H,1-2,4,9-12,18H2,3H3/b8-7-,14-13-,17-16+/t15-/m0/s1. The Balaban J connectivity index is 3.16. The molecule has 0 heterocycles. The van der Waals surface area contributed by atoms with Crippen LogP contribution in [0, 0.1) is 5.92 Å². The van der Waals surface area contributed by atoms with Gasteiger partial charge in [0.1, 0.15) is 0 Å². The summed E-state index contributed by atoms with van der Waals surface area (Å²) in [6.45, 7) is 14.1. The molecule has 0 amide bonds. The zero-order chi connectivity index (χ0) is 14.3. The van der Waals surface area contributed by atoms with E-state index in [0.29, 0.717) is 6.54 Å². The third-order valence-electron chi connectivity index (χ3n) is 3.65. The molecule has 0 aromatic carbocycles. The Bertz CT molecular complexity index is 450. The second-order valence-corrected chi connectivity index (χ2v) is 4.80. The van der Waals surface area contributed by atoms with E-state index in [1.807, 2.05) is 12.2 Å². The van der Waals surface area contributed by atoms with Crippen molar-refractivity contribution in [2.45, 2.75) is 26.2 Å². The number of nitrogens with two attached hydrogens (primary N) is 1. The molecule has 1 atom stereocenters. The van der Waals surface area contributed by atoms with E-state index in [2.05, 4.69) is 37.9 Å². The predicted molar refractivity (Wildman–Crippen MR) is 85.2 cm³/mol. The minimum Gasteiger partial charge on any atom is -0.330 e. The van der Waals surface area contributed by atoms with Crippen LogP contribution >= 0.6 is 0 Å². The first-order chi connectivity index (χ1) is 9.17. The van der Waals surface area contributed by atoms with E-state index in [0.717, 1.165) is 30.5 Å². The summed E-state index contributed by atoms with van der Waals surface area (Å²) in [5.74, 6) is 0.262. The fourth-order valence-electron chi connectivity index (χ4n) is 2.46. The first-order valence-corrected chi connectivity index (χ1v) is 6.67. The molecule has 0 unspecified atom stereocenters. The smallest absolute Gasteiger partial charge is 0.0434 e. The summed E-state index contributed by atoms with van der Waals surface area (Å²) in [4.78, 5) is 4.17. The highest BCUT2D eigenvalue weighted by Gasteiger charge is 2.19. The normalized spacial score (nSPS) is 28.8. The molecule has 102 valence electrons. The van der Waals surface area contributed by atoms with Crippen molar-refractivity contribution >= 4 is 6.72 Å². The molecule has 2 N–H and O–H groups in total. The molecule has 0 radical (unpaired) electrons. The second-order valence-electron chi connectivity index (χ2n) is 4.80. The van der Waals surface area contributed by atoms with Crippen LogP contribution in [0.2, 0.25) is 0 Å². The van der Waals surface area contributed by atoms with E-state index in [1.165, 1.54) is 11.1 Å². The Hall–Kier alpha value is -1.67. The van der Waals surface area contributed by atoms with Crippen LogP contribution < -0.4 is 5.73 Å². The third-order valence-corrected chi connectivity index (χ3v) is 3.65. The van der Waals surface area contributed by atoms with E-state index >= 15 is 0 Å². The van der Waals surface area contributed by atoms with Crippen molar-refractivity contribution in [3.05, 3.63) is 59.9 Å². The van der Waals surface area contributed by atoms with Crippen LogP contribution in [-0.2, 0) is 0 Å². The molecule has 2 nitrogen and oxygen atoms in total. The molecular formula is C17H24N2. The average Bonchev–Trinajstić information content (AvgIpc) is 2.42. The first-order valence-electron chi connectivity index (χ1n) is 6.67. The Morgan fingerprint density at radius 3 is 2.63 bits per heavy atom. The quantitative estimate of drug-likeness (QED) is 0.587. The van der Waals surface area contributed by atoms with Crippen LogP contribution in [0.1, 0.15) is 26.2 Å². The minimum atomic E-state index is 0.262. The Kier molecular flexibility index (Phi) is 6.23. The van der Waals surface area contributed by atoms with E-state index in [9.17, 15) is 0 Å². The van der Waals surface area contributed by atoms with Crippen LogP contribution in [0.15, 0.2) is 64.9 Å². The maximum atomic E-state index is 5.93. The molecule has 0 bridgehead atoms. The summed E-state index contributed by atoms with van der Waals surface area (Å²) < 4.78 is 0. The molecule has 0 aliphatic heterocycles. The van der Waals surface area contributed by atoms with Gasteiger partial charge in [-0.05, 0) is 50.6 Å². The summed E-state index contributed by atoms with van der Waals surface area (Å²) >= 11 is 0. The van der Waals surface area contributed by atoms with Gasteiger partial charge in [0.25, 0.3) is 0 Å². The van der Waals surface area contributed by atoms with Crippen LogP contribution in [-0.4, -0.2) is 13.3 Å². The SMILES string of the molecule is C=C/C=C\C1=C(/C)CC/C(N=C)=C(/C=C)[C@H](CN)C1. The van der Waals surface area contributed by atoms with Crippen LogP contribution in [0.4, 0.5) is 0 Å². The molecule has 0 saturated heterocycles. The molecule has 19 heavy (non-hydrogen) atoms. The first kappa shape index (κ1) is 15.4. The lowest BCUT2D eigenvalue weighted by atomic mass is 9.84. The van der Waals surface area contributed by atoms with Gasteiger partial charge >= 0.3 is 0 Å². The minimum absolute atomic E-state index is 0.262. The van der Waals surface area contributed by atoms with E-state index in [4.69, 9.17) is 5.73 Å². The van der Waals surface area contributed by atoms with Crippen LogP contribution in [0.5, 0.6) is 0 Å². The van der Waals surface area contributed by atoms with Crippen molar-refractivity contribution in [2.75, 3.05) is 6.54 Å². The molecule has 0 spiro atoms. The molecule has 0 aromatic rings. The predicted octanol–water partition coefficient (Wildman–Crippen LogP) is 3.94. The number of nitrogens with zero attached hydrogens (tertiary/aromatic N) is 1. The van der Waals surface area contributed by atoms with Crippen molar-refractivity contribution < 1.29 is 0 Å². The van der Waals surface area contributed by atoms with Gasteiger partial charge in [0.2, 0.25) is 0 Å². The Morgan fingerprint density at radius 1 is 1.37 bits per heavy atom. The van der Waals surface area contributed by atoms with Gasteiger partial charge in [-0.2, -0.15) is 0 Å². The largest absolute Gasteiger partial charge is 0.330 e. The molecule has 1 aliphatic rings. The number of allylic oxidation sites excluding steroid dienone is 7. The van der Waals surface area contributed by atoms with Gasteiger partial charge in [-0.1, -0.05) is 43.0 Å². The highest BCUT2D eigenvalue weighted by molar-refractivity contribution is 5.39. The molecule has 0 saturated carbocycles. The monoisotopic (exact) mass is 256 g/mol. The lowest BCUT2D eigenvalue weighted by molar-refractivity contribution is 0.611. The molecule has 0 fully saturated rings. The Labute approximate surface area is 116 Å². The van der Waals surface area contributed by atoms with Crippen LogP contribution in [0.25, 0.3) is 0 Å². The zero-order valence-corrected chi connectivity index (χ0v) is 11.9. The maximum Gasteiger partial charge on any atom is 0.0434 e. The molecular weight excluding hydrogens is 232 g/mol. The summed E-state index contributed by atoms with van der Waals surface area (Å²) in [7, 11) is 0. The highest BCUT2D eigenvalue weighted by atomic mass is 14.7. The van der Waals surface area contributed by atoms with Gasteiger partial charge in [-0.15, -0.1) is 0 Å². The fourth-order valence-corrected chi connectivity index (χ4v) is 2.46. The van der Waals surface area contributed by atoms with Gasteiger partial charge in [0.05, 0.1) is 0 Å². The van der Waals surface area contributed by atoms with Gasteiger partial charge in [-0.3, -0.25) is 4.99 Å². The average molecular weight is 256 g/mol. The summed E-state index contributed by atoms with van der Waals surface area (Å²) in [5, 5.41) is 0. The van der Waals surface area contributed by atoms with E-state index in [-0.39, 0.29) is 5.92 Å². The second kappa shape index (κ2) is 7.70. The molecule has 0 aromatic heterocycles. The maximum absolute atomic E-state index is 5.93. The topological polar surface area (TPSA) is 38.4 Å². The zero-order valence-electron chi connectivity index (χ0n) is 11.9. The summed E-state index contributed by atoms with van der Waals surface area (Å²) in [5.41, 5.74) is 10.9. The number of rotatable bonds is 5. The van der Waals surface area contributed by atoms with Gasteiger partial charge in [0, 0.05) is 11.6 Å². The molecule has 2 heteroatoms. The Morgan fingerprint density at radius 2 is 2.11 bits per heavy atom. The summed E-state index contributed by atoms with van der Waals surface area (Å²) in [6, 6.07) is 0. The van der Waals surface area contributed by atoms with Gasteiger partial charge in [-0.25, -0.2) is 0 Å². The number of hydrogen-bond acceptors (Lipinski definition) is 2. The fraction of sp³-hybridized carbons (Fsp3) is 0.353. The highest BCUT2D eigenvalue weighted by Crippen LogP contribution is 2.32. The lowest BCUT2D eigenvalue weighted by Crippen LogP contribution is -2.19. The van der Waals surface area contributed by atoms with E-state index < -0.39 is 0 Å². The number of aliphatic imine (C=N–C) groups is 1. The van der Waals surface area contributed by atoms with Crippen LogP contribution in [0.3, 0.4) is 0 Å². The van der Waals surface area contributed by atoms with Crippen molar-refractivity contribution in [1.82, 2.24) is 0 Å². The van der Waals surface area contributed by atoms with Crippen molar-refractivity contribution in [3.63, 3.8) is 0 Å². The summed E-state index contributed by atoms with van der Waals surface area (Å²) in [6.07, 6.45) is 10.6. The number of hydrogen-bond donors (Lipinski definition) is 1. The third kappa shape index (κ3) is 3.90. The van der Waals surface area contributed by atoms with Gasteiger partial charge in [0.15, 0.2) is 0 Å². The molecule has 1 rings (SSSR count).